The van der Waals surface area contributed by atoms with Gasteiger partial charge in [-0.2, -0.15) is 2.95 Å². The lowest BCUT2D eigenvalue weighted by atomic mass is 10.1. The minimum absolute atomic E-state index is 0.167. The van der Waals surface area contributed by atoms with Gasteiger partial charge < -0.3 is 0 Å². The Morgan fingerprint density at radius 3 is 1.29 bits per heavy atom. The third kappa shape index (κ3) is 3.50. The van der Waals surface area contributed by atoms with Crippen LogP contribution >= 0.6 is 32.3 Å². The van der Waals surface area contributed by atoms with E-state index in [1.54, 1.807) is 0 Å². The summed E-state index contributed by atoms with van der Waals surface area (Å²) >= 11 is 6.49. The molecule has 44 valence electrons. The molecule has 0 saturated carbocycles. The lowest BCUT2D eigenvalue weighted by molar-refractivity contribution is 0.432. The van der Waals surface area contributed by atoms with Crippen LogP contribution in [-0.2, 0) is 0 Å². The van der Waals surface area contributed by atoms with Crippen molar-refractivity contribution < 1.29 is 0 Å². The number of hydrogen-bond donors (Lipinski definition) is 0. The molecule has 0 rings (SSSR count). The van der Waals surface area contributed by atoms with Crippen LogP contribution in [0.5, 0.6) is 0 Å². The molecule has 7 heavy (non-hydrogen) atoms. The lowest BCUT2D eigenvalue weighted by Gasteiger charge is -2.21. The summed E-state index contributed by atoms with van der Waals surface area (Å²) in [6, 6.07) is 0. The Balaban J connectivity index is 3.54. The maximum absolute atomic E-state index is 3.24. The first-order chi connectivity index (χ1) is 2.94. The molecular weight excluding hydrogens is 222 g/mol. The molecule has 0 aliphatic carbocycles. The van der Waals surface area contributed by atoms with E-state index in [-0.39, 0.29) is 5.54 Å². The monoisotopic (exact) mass is 229 g/mol. The van der Waals surface area contributed by atoms with Gasteiger partial charge in [0.1, 0.15) is 0 Å². The highest BCUT2D eigenvalue weighted by Crippen LogP contribution is 2.21. The summed E-state index contributed by atoms with van der Waals surface area (Å²) in [5, 5.41) is 0. The molecule has 0 radical (unpaired) electrons. The summed E-state index contributed by atoms with van der Waals surface area (Å²) in [6.07, 6.45) is 0. The second-order valence-electron chi connectivity index (χ2n) is 2.40. The highest BCUT2D eigenvalue weighted by atomic mass is 79.9. The van der Waals surface area contributed by atoms with Crippen molar-refractivity contribution in [2.75, 3.05) is 0 Å². The maximum Gasteiger partial charge on any atom is 0.0347 e. The van der Waals surface area contributed by atoms with Crippen LogP contribution in [0.3, 0.4) is 0 Å². The number of nitrogens with zero attached hydrogens (tertiary/aromatic N) is 1. The van der Waals surface area contributed by atoms with Gasteiger partial charge in [-0.15, -0.1) is 0 Å². The minimum atomic E-state index is 0.167. The van der Waals surface area contributed by atoms with Crippen molar-refractivity contribution in [1.82, 2.24) is 2.95 Å². The van der Waals surface area contributed by atoms with Crippen LogP contribution in [0.15, 0.2) is 0 Å². The smallest absolute Gasteiger partial charge is 0.0347 e. The quantitative estimate of drug-likeness (QED) is 0.579. The zero-order valence-corrected chi connectivity index (χ0v) is 7.88. The zero-order valence-electron chi connectivity index (χ0n) is 4.70. The van der Waals surface area contributed by atoms with Crippen LogP contribution < -0.4 is 0 Å². The Labute approximate surface area is 61.7 Å². The molecule has 0 bridgehead atoms. The van der Waals surface area contributed by atoms with Crippen molar-refractivity contribution >= 4 is 32.3 Å². The predicted octanol–water partition coefficient (Wildman–Crippen LogP) is 2.71. The second kappa shape index (κ2) is 2.46. The second-order valence-corrected chi connectivity index (χ2v) is 4.77. The van der Waals surface area contributed by atoms with E-state index in [4.69, 9.17) is 0 Å². The number of rotatable bonds is 0. The van der Waals surface area contributed by atoms with Gasteiger partial charge in [-0.1, -0.05) is 0 Å². The summed E-state index contributed by atoms with van der Waals surface area (Å²) in [6.45, 7) is 6.28. The topological polar surface area (TPSA) is 3.24 Å². The molecule has 0 aromatic carbocycles. The first-order valence-corrected chi connectivity index (χ1v) is 3.48. The van der Waals surface area contributed by atoms with Gasteiger partial charge in [-0.05, 0) is 20.8 Å². The Hall–Kier alpha value is 0.920. The first kappa shape index (κ1) is 7.92. The fourth-order valence-electron chi connectivity index (χ4n) is 0. The summed E-state index contributed by atoms with van der Waals surface area (Å²) in [4.78, 5) is 0. The Morgan fingerprint density at radius 1 is 1.14 bits per heavy atom. The van der Waals surface area contributed by atoms with Crippen molar-refractivity contribution in [2.24, 2.45) is 0 Å². The Morgan fingerprint density at radius 2 is 1.29 bits per heavy atom. The fourth-order valence-corrected chi connectivity index (χ4v) is 0. The zero-order chi connectivity index (χ0) is 6.08. The van der Waals surface area contributed by atoms with E-state index >= 15 is 0 Å². The van der Waals surface area contributed by atoms with Crippen molar-refractivity contribution in [3.63, 3.8) is 0 Å². The summed E-state index contributed by atoms with van der Waals surface area (Å²) in [5.41, 5.74) is 0.167. The third-order valence-electron chi connectivity index (χ3n) is 0.507. The molecule has 0 spiro atoms. The van der Waals surface area contributed by atoms with Crippen LogP contribution in [0.4, 0.5) is 0 Å². The molecule has 0 heterocycles. The molecule has 0 amide bonds. The Kier molecular flexibility index (Phi) is 2.79. The SMILES string of the molecule is CC(C)(C)N(Br)Br. The Bertz CT molecular complexity index is 55.2. The predicted molar refractivity (Wildman–Crippen MR) is 39.4 cm³/mol. The van der Waals surface area contributed by atoms with E-state index < -0.39 is 0 Å². The fraction of sp³-hybridized carbons (Fsp3) is 1.00. The van der Waals surface area contributed by atoms with Crippen LogP contribution in [0, 0.1) is 0 Å². The average Bonchev–Trinajstić information content (AvgIpc) is 1.31. The largest absolute Gasteiger partial charge is 0.172 e. The molecule has 1 nitrogen and oxygen atoms in total. The van der Waals surface area contributed by atoms with E-state index in [0.29, 0.717) is 0 Å². The van der Waals surface area contributed by atoms with Gasteiger partial charge in [0.05, 0.1) is 0 Å². The molecule has 0 aromatic heterocycles. The number of halogens is 2. The van der Waals surface area contributed by atoms with E-state index in [9.17, 15) is 0 Å². The van der Waals surface area contributed by atoms with Gasteiger partial charge in [-0.25, -0.2) is 0 Å². The highest BCUT2D eigenvalue weighted by Gasteiger charge is 2.14. The van der Waals surface area contributed by atoms with Gasteiger partial charge in [0, 0.05) is 37.8 Å². The summed E-state index contributed by atoms with van der Waals surface area (Å²) < 4.78 is 1.81. The van der Waals surface area contributed by atoms with Gasteiger partial charge in [0.15, 0.2) is 0 Å². The van der Waals surface area contributed by atoms with Crippen LogP contribution in [0.25, 0.3) is 0 Å². The third-order valence-corrected chi connectivity index (χ3v) is 2.63. The molecule has 0 fully saturated rings. The number of hydrogen-bond acceptors (Lipinski definition) is 1. The average molecular weight is 231 g/mol. The molecule has 3 heteroatoms. The van der Waals surface area contributed by atoms with Crippen molar-refractivity contribution in [1.29, 1.82) is 0 Å². The van der Waals surface area contributed by atoms with E-state index in [2.05, 4.69) is 53.1 Å². The van der Waals surface area contributed by atoms with Gasteiger partial charge in [0.2, 0.25) is 0 Å². The van der Waals surface area contributed by atoms with Crippen LogP contribution in [0.2, 0.25) is 0 Å². The van der Waals surface area contributed by atoms with Crippen molar-refractivity contribution in [2.45, 2.75) is 26.3 Å². The normalized spacial score (nSPS) is 12.9. The standard InChI is InChI=1S/C4H9Br2N/c1-4(2,3)7(5)6/h1-3H3. The summed E-state index contributed by atoms with van der Waals surface area (Å²) in [5.74, 6) is 0. The van der Waals surface area contributed by atoms with Gasteiger partial charge in [-0.3, -0.25) is 0 Å². The first-order valence-electron chi connectivity index (χ1n) is 2.06. The van der Waals surface area contributed by atoms with Crippen molar-refractivity contribution in [3.8, 4) is 0 Å². The molecule has 0 unspecified atom stereocenters. The van der Waals surface area contributed by atoms with E-state index in [0.717, 1.165) is 0 Å². The maximum atomic E-state index is 3.24. The molecule has 0 atom stereocenters. The molecule has 0 aliphatic rings. The van der Waals surface area contributed by atoms with Gasteiger partial charge in [0.25, 0.3) is 0 Å². The summed E-state index contributed by atoms with van der Waals surface area (Å²) in [7, 11) is 0. The molecule has 0 saturated heterocycles. The highest BCUT2D eigenvalue weighted by molar-refractivity contribution is 9.21. The van der Waals surface area contributed by atoms with E-state index in [1.165, 1.54) is 0 Å². The molecular formula is C4H9Br2N. The van der Waals surface area contributed by atoms with Crippen molar-refractivity contribution in [3.05, 3.63) is 0 Å². The van der Waals surface area contributed by atoms with Gasteiger partial charge >= 0.3 is 0 Å². The van der Waals surface area contributed by atoms with Crippen LogP contribution in [0.1, 0.15) is 20.8 Å². The molecule has 0 aliphatic heterocycles. The van der Waals surface area contributed by atoms with Crippen LogP contribution in [-0.4, -0.2) is 8.49 Å². The lowest BCUT2D eigenvalue weighted by Crippen LogP contribution is -2.24. The molecule has 0 N–H and O–H groups in total. The minimum Gasteiger partial charge on any atom is -0.172 e. The molecule has 0 aromatic rings. The van der Waals surface area contributed by atoms with E-state index in [1.807, 2.05) is 2.95 Å².